The summed E-state index contributed by atoms with van der Waals surface area (Å²) >= 11 is 6.20. The van der Waals surface area contributed by atoms with Crippen LogP contribution in [0.15, 0.2) is 72.8 Å². The SMILES string of the molecule is CC(C)CNC(=O)c1cc(NC(=O)c2ccccc2Cl)ccc1N1CCC(Cc2ccccc2)CC1. The van der Waals surface area contributed by atoms with Crippen molar-refractivity contribution in [2.24, 2.45) is 11.8 Å². The number of halogens is 1. The Morgan fingerprint density at radius 2 is 1.61 bits per heavy atom. The predicted octanol–water partition coefficient (Wildman–Crippen LogP) is 6.44. The summed E-state index contributed by atoms with van der Waals surface area (Å²) in [6, 6.07) is 23.1. The number of hydrogen-bond acceptors (Lipinski definition) is 3. The number of piperidine rings is 1. The topological polar surface area (TPSA) is 61.4 Å². The molecule has 1 saturated heterocycles. The Balaban J connectivity index is 1.51. The van der Waals surface area contributed by atoms with Crippen LogP contribution >= 0.6 is 11.6 Å². The quantitative estimate of drug-likeness (QED) is 0.372. The van der Waals surface area contributed by atoms with Gasteiger partial charge in [-0.3, -0.25) is 9.59 Å². The molecule has 0 aliphatic carbocycles. The highest BCUT2D eigenvalue weighted by atomic mass is 35.5. The number of nitrogens with zero attached hydrogens (tertiary/aromatic N) is 1. The van der Waals surface area contributed by atoms with Crippen molar-refractivity contribution in [3.63, 3.8) is 0 Å². The van der Waals surface area contributed by atoms with E-state index in [0.29, 0.717) is 40.2 Å². The molecule has 0 saturated carbocycles. The normalized spacial score (nSPS) is 14.1. The molecule has 1 heterocycles. The van der Waals surface area contributed by atoms with Crippen LogP contribution in [-0.4, -0.2) is 31.4 Å². The molecule has 2 amide bonds. The minimum atomic E-state index is -0.302. The van der Waals surface area contributed by atoms with E-state index < -0.39 is 0 Å². The summed E-state index contributed by atoms with van der Waals surface area (Å²) in [4.78, 5) is 28.3. The fourth-order valence-corrected chi connectivity index (χ4v) is 4.85. The standard InChI is InChI=1S/C30H34ClN3O2/c1-21(2)20-32-29(35)26-19-24(33-30(36)25-10-6-7-11-27(25)31)12-13-28(26)34-16-14-23(15-17-34)18-22-8-4-3-5-9-22/h3-13,19,21,23H,14-18,20H2,1-2H3,(H,32,35)(H,33,36). The molecule has 0 spiro atoms. The second-order valence-electron chi connectivity index (χ2n) is 9.89. The number of anilines is 2. The van der Waals surface area contributed by atoms with Gasteiger partial charge in [0.15, 0.2) is 0 Å². The Labute approximate surface area is 218 Å². The first-order valence-electron chi connectivity index (χ1n) is 12.7. The molecular formula is C30H34ClN3O2. The average molecular weight is 504 g/mol. The molecule has 0 atom stereocenters. The van der Waals surface area contributed by atoms with Crippen LogP contribution in [0.2, 0.25) is 5.02 Å². The van der Waals surface area contributed by atoms with E-state index in [4.69, 9.17) is 11.6 Å². The molecule has 3 aromatic rings. The van der Waals surface area contributed by atoms with Crippen molar-refractivity contribution >= 4 is 34.8 Å². The van der Waals surface area contributed by atoms with Crippen LogP contribution in [0.1, 0.15) is 53.0 Å². The van der Waals surface area contributed by atoms with Gasteiger partial charge in [0.2, 0.25) is 0 Å². The number of hydrogen-bond donors (Lipinski definition) is 2. The van der Waals surface area contributed by atoms with E-state index in [9.17, 15) is 9.59 Å². The van der Waals surface area contributed by atoms with Crippen LogP contribution < -0.4 is 15.5 Å². The van der Waals surface area contributed by atoms with Crippen molar-refractivity contribution in [1.82, 2.24) is 5.32 Å². The van der Waals surface area contributed by atoms with Gasteiger partial charge in [0.1, 0.15) is 0 Å². The lowest BCUT2D eigenvalue weighted by Gasteiger charge is -2.35. The van der Waals surface area contributed by atoms with Crippen molar-refractivity contribution in [3.05, 3.63) is 94.5 Å². The zero-order valence-corrected chi connectivity index (χ0v) is 21.7. The van der Waals surface area contributed by atoms with Gasteiger partial charge in [0.25, 0.3) is 11.8 Å². The van der Waals surface area contributed by atoms with Crippen LogP contribution in [0, 0.1) is 11.8 Å². The van der Waals surface area contributed by atoms with Crippen molar-refractivity contribution in [1.29, 1.82) is 0 Å². The Morgan fingerprint density at radius 3 is 2.31 bits per heavy atom. The van der Waals surface area contributed by atoms with Gasteiger partial charge in [0.05, 0.1) is 16.1 Å². The fraction of sp³-hybridized carbons (Fsp3) is 0.333. The van der Waals surface area contributed by atoms with Crippen LogP contribution in [0.4, 0.5) is 11.4 Å². The van der Waals surface area contributed by atoms with Gasteiger partial charge in [-0.1, -0.05) is 67.9 Å². The Bertz CT molecular complexity index is 1190. The molecule has 1 aliphatic heterocycles. The summed E-state index contributed by atoms with van der Waals surface area (Å²) in [5.41, 5.74) is 3.83. The van der Waals surface area contributed by atoms with Gasteiger partial charge in [-0.05, 0) is 67.0 Å². The number of carbonyl (C=O) groups excluding carboxylic acids is 2. The molecule has 6 heteroatoms. The lowest BCUT2D eigenvalue weighted by molar-refractivity contribution is 0.0948. The second-order valence-corrected chi connectivity index (χ2v) is 10.3. The molecule has 1 fully saturated rings. The first-order chi connectivity index (χ1) is 17.4. The zero-order valence-electron chi connectivity index (χ0n) is 21.0. The monoisotopic (exact) mass is 503 g/mol. The maximum atomic E-state index is 13.2. The summed E-state index contributed by atoms with van der Waals surface area (Å²) in [6.07, 6.45) is 3.24. The van der Waals surface area contributed by atoms with Crippen LogP contribution in [0.5, 0.6) is 0 Å². The summed E-state index contributed by atoms with van der Waals surface area (Å²) in [6.45, 7) is 6.52. The summed E-state index contributed by atoms with van der Waals surface area (Å²) in [5, 5.41) is 6.33. The molecule has 4 rings (SSSR count). The molecule has 5 nitrogen and oxygen atoms in total. The Morgan fingerprint density at radius 1 is 0.917 bits per heavy atom. The van der Waals surface area contributed by atoms with Gasteiger partial charge in [-0.15, -0.1) is 0 Å². The zero-order chi connectivity index (χ0) is 25.5. The van der Waals surface area contributed by atoms with Crippen molar-refractivity contribution in [2.45, 2.75) is 33.1 Å². The Hall–Kier alpha value is -3.31. The van der Waals surface area contributed by atoms with E-state index in [1.165, 1.54) is 5.56 Å². The van der Waals surface area contributed by atoms with E-state index in [2.05, 4.69) is 59.7 Å². The maximum absolute atomic E-state index is 13.2. The molecule has 3 aromatic carbocycles. The summed E-state index contributed by atoms with van der Waals surface area (Å²) < 4.78 is 0. The number of nitrogens with one attached hydrogen (secondary N) is 2. The predicted molar refractivity (Wildman–Crippen MR) is 148 cm³/mol. The van der Waals surface area contributed by atoms with Crippen LogP contribution in [-0.2, 0) is 6.42 Å². The van der Waals surface area contributed by atoms with Crippen molar-refractivity contribution < 1.29 is 9.59 Å². The third-order valence-corrected chi connectivity index (χ3v) is 6.94. The molecule has 0 aromatic heterocycles. The molecular weight excluding hydrogens is 470 g/mol. The van der Waals surface area contributed by atoms with Gasteiger partial charge < -0.3 is 15.5 Å². The highest BCUT2D eigenvalue weighted by Gasteiger charge is 2.24. The van der Waals surface area contributed by atoms with E-state index in [1.54, 1.807) is 30.3 Å². The first kappa shape index (κ1) is 25.8. The summed E-state index contributed by atoms with van der Waals surface area (Å²) in [5.74, 6) is 0.549. The van der Waals surface area contributed by atoms with Crippen molar-refractivity contribution in [3.8, 4) is 0 Å². The molecule has 0 radical (unpaired) electrons. The molecule has 36 heavy (non-hydrogen) atoms. The second kappa shape index (κ2) is 12.1. The van der Waals surface area contributed by atoms with Crippen LogP contribution in [0.25, 0.3) is 0 Å². The maximum Gasteiger partial charge on any atom is 0.257 e. The first-order valence-corrected chi connectivity index (χ1v) is 13.1. The third kappa shape index (κ3) is 6.67. The number of amides is 2. The van der Waals surface area contributed by atoms with E-state index in [0.717, 1.165) is 38.0 Å². The molecule has 188 valence electrons. The lowest BCUT2D eigenvalue weighted by Crippen LogP contribution is -2.36. The van der Waals surface area contributed by atoms with Gasteiger partial charge >= 0.3 is 0 Å². The smallest absolute Gasteiger partial charge is 0.257 e. The van der Waals surface area contributed by atoms with Gasteiger partial charge in [0, 0.05) is 31.0 Å². The van der Waals surface area contributed by atoms with Crippen molar-refractivity contribution in [2.75, 3.05) is 29.9 Å². The van der Waals surface area contributed by atoms with Gasteiger partial charge in [-0.25, -0.2) is 0 Å². The largest absolute Gasteiger partial charge is 0.371 e. The Kier molecular flexibility index (Phi) is 8.65. The van der Waals surface area contributed by atoms with E-state index in [-0.39, 0.29) is 11.8 Å². The highest BCUT2D eigenvalue weighted by Crippen LogP contribution is 2.30. The van der Waals surface area contributed by atoms with E-state index in [1.807, 2.05) is 12.1 Å². The van der Waals surface area contributed by atoms with E-state index >= 15 is 0 Å². The fourth-order valence-electron chi connectivity index (χ4n) is 4.63. The number of benzene rings is 3. The van der Waals surface area contributed by atoms with Gasteiger partial charge in [-0.2, -0.15) is 0 Å². The molecule has 2 N–H and O–H groups in total. The minimum absolute atomic E-state index is 0.126. The molecule has 0 bridgehead atoms. The summed E-state index contributed by atoms with van der Waals surface area (Å²) in [7, 11) is 0. The average Bonchev–Trinajstić information content (AvgIpc) is 2.88. The highest BCUT2D eigenvalue weighted by molar-refractivity contribution is 6.34. The number of carbonyl (C=O) groups is 2. The number of rotatable bonds is 8. The minimum Gasteiger partial charge on any atom is -0.371 e. The lowest BCUT2D eigenvalue weighted by atomic mass is 9.89. The molecule has 0 unspecified atom stereocenters. The van der Waals surface area contributed by atoms with Crippen LogP contribution in [0.3, 0.4) is 0 Å². The third-order valence-electron chi connectivity index (χ3n) is 6.61. The molecule has 1 aliphatic rings.